The lowest BCUT2D eigenvalue weighted by molar-refractivity contribution is -0.121. The molecule has 3 heteroatoms. The molecule has 1 aromatic carbocycles. The predicted molar refractivity (Wildman–Crippen MR) is 75.4 cm³/mol. The van der Waals surface area contributed by atoms with E-state index in [0.29, 0.717) is 6.54 Å². The highest BCUT2D eigenvalue weighted by Gasteiger charge is 2.11. The van der Waals surface area contributed by atoms with Gasteiger partial charge in [0.05, 0.1) is 6.54 Å². The maximum absolute atomic E-state index is 11.7. The molecule has 1 amide bonds. The van der Waals surface area contributed by atoms with Gasteiger partial charge in [0.2, 0.25) is 5.91 Å². The van der Waals surface area contributed by atoms with Gasteiger partial charge in [-0.1, -0.05) is 44.2 Å². The number of hydrogen-bond acceptors (Lipinski definition) is 2. The number of benzene rings is 1. The molecule has 0 aliphatic carbocycles. The van der Waals surface area contributed by atoms with Crippen LogP contribution in [0.1, 0.15) is 45.2 Å². The Hall–Kier alpha value is -1.35. The molecule has 100 valence electrons. The SMILES string of the molecule is CCC(C)NC(=O)CNC(CC)c1ccccc1. The van der Waals surface area contributed by atoms with Crippen LogP contribution in [-0.4, -0.2) is 18.5 Å². The zero-order valence-corrected chi connectivity index (χ0v) is 11.6. The van der Waals surface area contributed by atoms with Crippen LogP contribution >= 0.6 is 0 Å². The zero-order chi connectivity index (χ0) is 13.4. The van der Waals surface area contributed by atoms with Crippen LogP contribution in [0.2, 0.25) is 0 Å². The van der Waals surface area contributed by atoms with Gasteiger partial charge in [0.15, 0.2) is 0 Å². The molecule has 2 unspecified atom stereocenters. The third-order valence-corrected chi connectivity index (χ3v) is 3.14. The lowest BCUT2D eigenvalue weighted by atomic mass is 10.0. The fraction of sp³-hybridized carbons (Fsp3) is 0.533. The second-order valence-corrected chi connectivity index (χ2v) is 4.63. The van der Waals surface area contributed by atoms with Crippen molar-refractivity contribution < 1.29 is 4.79 Å². The summed E-state index contributed by atoms with van der Waals surface area (Å²) in [5, 5.41) is 6.26. The Labute approximate surface area is 110 Å². The summed E-state index contributed by atoms with van der Waals surface area (Å²) in [6.07, 6.45) is 1.93. The van der Waals surface area contributed by atoms with E-state index in [0.717, 1.165) is 12.8 Å². The Morgan fingerprint density at radius 3 is 2.39 bits per heavy atom. The number of carbonyl (C=O) groups excluding carboxylic acids is 1. The van der Waals surface area contributed by atoms with E-state index in [2.05, 4.69) is 36.6 Å². The van der Waals surface area contributed by atoms with Crippen LogP contribution in [0.4, 0.5) is 0 Å². The van der Waals surface area contributed by atoms with Gasteiger partial charge in [0.1, 0.15) is 0 Å². The topological polar surface area (TPSA) is 41.1 Å². The van der Waals surface area contributed by atoms with Crippen LogP contribution < -0.4 is 10.6 Å². The quantitative estimate of drug-likeness (QED) is 0.779. The van der Waals surface area contributed by atoms with Gasteiger partial charge in [-0.15, -0.1) is 0 Å². The summed E-state index contributed by atoms with van der Waals surface area (Å²) in [6, 6.07) is 10.7. The van der Waals surface area contributed by atoms with E-state index in [1.54, 1.807) is 0 Å². The minimum absolute atomic E-state index is 0.0683. The van der Waals surface area contributed by atoms with Crippen molar-refractivity contribution in [2.75, 3.05) is 6.54 Å². The standard InChI is InChI=1S/C15H24N2O/c1-4-12(3)17-15(18)11-16-14(5-2)13-9-7-6-8-10-13/h6-10,12,14,16H,4-5,11H2,1-3H3,(H,17,18). The smallest absolute Gasteiger partial charge is 0.234 e. The van der Waals surface area contributed by atoms with Gasteiger partial charge in [-0.3, -0.25) is 4.79 Å². The number of rotatable bonds is 7. The van der Waals surface area contributed by atoms with Crippen molar-refractivity contribution in [1.29, 1.82) is 0 Å². The van der Waals surface area contributed by atoms with Gasteiger partial charge in [-0.05, 0) is 25.3 Å². The van der Waals surface area contributed by atoms with E-state index >= 15 is 0 Å². The molecule has 0 aliphatic heterocycles. The number of hydrogen-bond donors (Lipinski definition) is 2. The molecular weight excluding hydrogens is 224 g/mol. The summed E-state index contributed by atoms with van der Waals surface area (Å²) >= 11 is 0. The second-order valence-electron chi connectivity index (χ2n) is 4.63. The van der Waals surface area contributed by atoms with Crippen LogP contribution in [-0.2, 0) is 4.79 Å². The summed E-state index contributed by atoms with van der Waals surface area (Å²) in [7, 11) is 0. The molecule has 18 heavy (non-hydrogen) atoms. The van der Waals surface area contributed by atoms with Crippen molar-refractivity contribution in [2.45, 2.75) is 45.7 Å². The van der Waals surface area contributed by atoms with E-state index < -0.39 is 0 Å². The highest BCUT2D eigenvalue weighted by Crippen LogP contribution is 2.15. The minimum atomic E-state index is 0.0683. The van der Waals surface area contributed by atoms with E-state index in [-0.39, 0.29) is 18.0 Å². The maximum Gasteiger partial charge on any atom is 0.234 e. The Balaban J connectivity index is 2.43. The normalized spacial score (nSPS) is 13.9. The number of nitrogens with one attached hydrogen (secondary N) is 2. The average Bonchev–Trinajstić information content (AvgIpc) is 2.40. The first-order valence-corrected chi connectivity index (χ1v) is 6.75. The molecule has 0 aromatic heterocycles. The first-order valence-electron chi connectivity index (χ1n) is 6.75. The Morgan fingerprint density at radius 2 is 1.83 bits per heavy atom. The van der Waals surface area contributed by atoms with Gasteiger partial charge < -0.3 is 10.6 Å². The second kappa shape index (κ2) is 7.88. The summed E-state index contributed by atoms with van der Waals surface area (Å²) in [5.41, 5.74) is 1.23. The molecular formula is C15H24N2O. The minimum Gasteiger partial charge on any atom is -0.353 e. The predicted octanol–water partition coefficient (Wildman–Crippen LogP) is 2.64. The lowest BCUT2D eigenvalue weighted by Crippen LogP contribution is -2.39. The first kappa shape index (κ1) is 14.7. The molecule has 0 bridgehead atoms. The Bertz CT molecular complexity index is 351. The van der Waals surface area contributed by atoms with Gasteiger partial charge in [-0.25, -0.2) is 0 Å². The van der Waals surface area contributed by atoms with E-state index in [9.17, 15) is 4.79 Å². The molecule has 2 atom stereocenters. The lowest BCUT2D eigenvalue weighted by Gasteiger charge is -2.18. The average molecular weight is 248 g/mol. The molecule has 0 heterocycles. The number of amides is 1. The maximum atomic E-state index is 11.7. The third kappa shape index (κ3) is 4.88. The van der Waals surface area contributed by atoms with Crippen LogP contribution in [0.15, 0.2) is 30.3 Å². The van der Waals surface area contributed by atoms with Crippen molar-refractivity contribution in [2.24, 2.45) is 0 Å². The van der Waals surface area contributed by atoms with E-state index in [4.69, 9.17) is 0 Å². The van der Waals surface area contributed by atoms with Crippen molar-refractivity contribution in [1.82, 2.24) is 10.6 Å². The van der Waals surface area contributed by atoms with Crippen molar-refractivity contribution in [3.8, 4) is 0 Å². The van der Waals surface area contributed by atoms with Crippen LogP contribution in [0.5, 0.6) is 0 Å². The van der Waals surface area contributed by atoms with Crippen molar-refractivity contribution in [3.63, 3.8) is 0 Å². The molecule has 3 nitrogen and oxygen atoms in total. The highest BCUT2D eigenvalue weighted by molar-refractivity contribution is 5.78. The summed E-state index contributed by atoms with van der Waals surface area (Å²) in [6.45, 7) is 6.58. The fourth-order valence-electron chi connectivity index (χ4n) is 1.83. The van der Waals surface area contributed by atoms with Gasteiger partial charge in [0, 0.05) is 12.1 Å². The summed E-state index contributed by atoms with van der Waals surface area (Å²) in [5.74, 6) is 0.0683. The van der Waals surface area contributed by atoms with Gasteiger partial charge >= 0.3 is 0 Å². The third-order valence-electron chi connectivity index (χ3n) is 3.14. The molecule has 1 rings (SSSR count). The van der Waals surface area contributed by atoms with E-state index in [1.165, 1.54) is 5.56 Å². The van der Waals surface area contributed by atoms with Crippen LogP contribution in [0.25, 0.3) is 0 Å². The van der Waals surface area contributed by atoms with Gasteiger partial charge in [0.25, 0.3) is 0 Å². The van der Waals surface area contributed by atoms with Crippen molar-refractivity contribution >= 4 is 5.91 Å². The highest BCUT2D eigenvalue weighted by atomic mass is 16.1. The van der Waals surface area contributed by atoms with E-state index in [1.807, 2.05) is 25.1 Å². The Morgan fingerprint density at radius 1 is 1.17 bits per heavy atom. The van der Waals surface area contributed by atoms with Gasteiger partial charge in [-0.2, -0.15) is 0 Å². The molecule has 0 saturated carbocycles. The molecule has 0 aliphatic rings. The molecule has 1 aromatic rings. The molecule has 0 spiro atoms. The molecule has 2 N–H and O–H groups in total. The largest absolute Gasteiger partial charge is 0.353 e. The van der Waals surface area contributed by atoms with Crippen LogP contribution in [0, 0.1) is 0 Å². The van der Waals surface area contributed by atoms with Crippen molar-refractivity contribution in [3.05, 3.63) is 35.9 Å². The monoisotopic (exact) mass is 248 g/mol. The zero-order valence-electron chi connectivity index (χ0n) is 11.6. The Kier molecular flexibility index (Phi) is 6.44. The molecule has 0 saturated heterocycles. The summed E-state index contributed by atoms with van der Waals surface area (Å²) in [4.78, 5) is 11.7. The van der Waals surface area contributed by atoms with Crippen LogP contribution in [0.3, 0.4) is 0 Å². The number of carbonyl (C=O) groups is 1. The fourth-order valence-corrected chi connectivity index (χ4v) is 1.83. The first-order chi connectivity index (χ1) is 8.67. The molecule has 0 radical (unpaired) electrons. The summed E-state index contributed by atoms with van der Waals surface area (Å²) < 4.78 is 0. The molecule has 0 fully saturated rings.